The maximum absolute atomic E-state index is 12.8. The van der Waals surface area contributed by atoms with E-state index in [1.165, 1.54) is 0 Å². The summed E-state index contributed by atoms with van der Waals surface area (Å²) in [6, 6.07) is 17.4. The van der Waals surface area contributed by atoms with E-state index in [1.807, 2.05) is 54.6 Å². The summed E-state index contributed by atoms with van der Waals surface area (Å²) < 4.78 is 1.63. The number of tetrazole rings is 1. The molecule has 26 heavy (non-hydrogen) atoms. The highest BCUT2D eigenvalue weighted by Gasteiger charge is 2.22. The molecule has 1 atom stereocenters. The minimum Gasteiger partial charge on any atom is -0.345 e. The first-order valence-electron chi connectivity index (χ1n) is 8.73. The van der Waals surface area contributed by atoms with Crippen LogP contribution in [0.15, 0.2) is 54.6 Å². The van der Waals surface area contributed by atoms with Gasteiger partial charge in [0.05, 0.1) is 12.2 Å². The first-order valence-corrected chi connectivity index (χ1v) is 8.73. The molecule has 0 radical (unpaired) electrons. The van der Waals surface area contributed by atoms with Gasteiger partial charge in [0.15, 0.2) is 5.82 Å². The molecular formula is C19H20N6O. The van der Waals surface area contributed by atoms with Crippen molar-refractivity contribution in [3.63, 3.8) is 0 Å². The van der Waals surface area contributed by atoms with Crippen molar-refractivity contribution >= 4 is 5.91 Å². The molecule has 0 saturated carbocycles. The first kappa shape index (κ1) is 16.4. The van der Waals surface area contributed by atoms with E-state index in [4.69, 9.17) is 0 Å². The number of hydrogen-bond acceptors (Lipinski definition) is 5. The molecule has 0 unspecified atom stereocenters. The lowest BCUT2D eigenvalue weighted by Gasteiger charge is -2.14. The summed E-state index contributed by atoms with van der Waals surface area (Å²) in [7, 11) is 0. The molecule has 0 spiro atoms. The summed E-state index contributed by atoms with van der Waals surface area (Å²) >= 11 is 0. The highest BCUT2D eigenvalue weighted by atomic mass is 16.1. The second-order valence-corrected chi connectivity index (χ2v) is 6.30. The molecule has 2 N–H and O–H groups in total. The predicted molar refractivity (Wildman–Crippen MR) is 97.0 cm³/mol. The number of carbonyl (C=O) groups excluding carboxylic acids is 1. The second kappa shape index (κ2) is 7.45. The minimum atomic E-state index is -0.102. The second-order valence-electron chi connectivity index (χ2n) is 6.30. The van der Waals surface area contributed by atoms with Crippen LogP contribution < -0.4 is 10.6 Å². The maximum atomic E-state index is 12.8. The van der Waals surface area contributed by atoms with E-state index in [0.717, 1.165) is 36.3 Å². The highest BCUT2D eigenvalue weighted by molar-refractivity contribution is 5.95. The van der Waals surface area contributed by atoms with Crippen LogP contribution in [0.2, 0.25) is 0 Å². The summed E-state index contributed by atoms with van der Waals surface area (Å²) in [4.78, 5) is 12.8. The van der Waals surface area contributed by atoms with Crippen LogP contribution in [-0.4, -0.2) is 39.2 Å². The molecule has 132 valence electrons. The Morgan fingerprint density at radius 3 is 2.77 bits per heavy atom. The Bertz CT molecular complexity index is 886. The number of carbonyl (C=O) groups is 1. The van der Waals surface area contributed by atoms with Gasteiger partial charge >= 0.3 is 0 Å². The lowest BCUT2D eigenvalue weighted by molar-refractivity contribution is 0.0948. The van der Waals surface area contributed by atoms with Gasteiger partial charge in [-0.15, -0.1) is 5.10 Å². The number of amides is 1. The predicted octanol–water partition coefficient (Wildman–Crippen LogP) is 1.67. The van der Waals surface area contributed by atoms with Gasteiger partial charge in [-0.1, -0.05) is 36.4 Å². The Hall–Kier alpha value is -3.06. The molecule has 1 amide bonds. The molecular weight excluding hydrogens is 328 g/mol. The third-order valence-corrected chi connectivity index (χ3v) is 4.65. The van der Waals surface area contributed by atoms with E-state index in [1.54, 1.807) is 4.68 Å². The van der Waals surface area contributed by atoms with Gasteiger partial charge in [-0.05, 0) is 53.1 Å². The smallest absolute Gasteiger partial charge is 0.251 e. The van der Waals surface area contributed by atoms with Gasteiger partial charge in [0.1, 0.15) is 0 Å². The molecule has 4 rings (SSSR count). The third-order valence-electron chi connectivity index (χ3n) is 4.65. The van der Waals surface area contributed by atoms with Crippen molar-refractivity contribution in [2.45, 2.75) is 18.9 Å². The van der Waals surface area contributed by atoms with E-state index < -0.39 is 0 Å². The van der Waals surface area contributed by atoms with Crippen LogP contribution in [0.25, 0.3) is 5.69 Å². The third kappa shape index (κ3) is 3.34. The zero-order chi connectivity index (χ0) is 17.8. The quantitative estimate of drug-likeness (QED) is 0.733. The van der Waals surface area contributed by atoms with E-state index in [2.05, 4.69) is 26.2 Å². The molecule has 1 fully saturated rings. The Balaban J connectivity index is 1.50. The molecule has 7 nitrogen and oxygen atoms in total. The standard InChI is InChI=1S/C19H20N6O/c26-19(17-9-5-4-8-16(17)14-10-11-20-12-14)21-13-18-22-23-24-25(18)15-6-2-1-3-7-15/h1-9,14,20H,10-13H2,(H,21,26)/t14-/m0/s1. The van der Waals surface area contributed by atoms with Crippen LogP contribution in [0.3, 0.4) is 0 Å². The van der Waals surface area contributed by atoms with Gasteiger partial charge in [0.25, 0.3) is 5.91 Å². The SMILES string of the molecule is O=C(NCc1nnnn1-c1ccccc1)c1ccccc1[C@H]1CCNC1. The monoisotopic (exact) mass is 348 g/mol. The number of para-hydroxylation sites is 1. The number of nitrogens with one attached hydrogen (secondary N) is 2. The van der Waals surface area contributed by atoms with Crippen LogP contribution in [0.5, 0.6) is 0 Å². The Kier molecular flexibility index (Phi) is 4.70. The molecule has 3 aromatic rings. The fourth-order valence-electron chi connectivity index (χ4n) is 3.32. The van der Waals surface area contributed by atoms with Crippen molar-refractivity contribution in [2.24, 2.45) is 0 Å². The van der Waals surface area contributed by atoms with Gasteiger partial charge in [0, 0.05) is 12.1 Å². The van der Waals surface area contributed by atoms with E-state index in [9.17, 15) is 4.79 Å². The zero-order valence-electron chi connectivity index (χ0n) is 14.3. The average Bonchev–Trinajstić information content (AvgIpc) is 3.39. The highest BCUT2D eigenvalue weighted by Crippen LogP contribution is 2.25. The van der Waals surface area contributed by atoms with Crippen LogP contribution >= 0.6 is 0 Å². The summed E-state index contributed by atoms with van der Waals surface area (Å²) in [6.07, 6.45) is 1.05. The lowest BCUT2D eigenvalue weighted by atomic mass is 9.93. The molecule has 0 bridgehead atoms. The molecule has 2 heterocycles. The summed E-state index contributed by atoms with van der Waals surface area (Å²) in [5.41, 5.74) is 2.68. The van der Waals surface area contributed by atoms with E-state index in [0.29, 0.717) is 11.7 Å². The van der Waals surface area contributed by atoms with Crippen molar-refractivity contribution in [1.29, 1.82) is 0 Å². The average molecular weight is 348 g/mol. The van der Waals surface area contributed by atoms with E-state index >= 15 is 0 Å². The number of benzene rings is 2. The van der Waals surface area contributed by atoms with Crippen LogP contribution in [0.4, 0.5) is 0 Å². The zero-order valence-corrected chi connectivity index (χ0v) is 14.3. The Morgan fingerprint density at radius 2 is 1.96 bits per heavy atom. The number of nitrogens with zero attached hydrogens (tertiary/aromatic N) is 4. The van der Waals surface area contributed by atoms with Crippen molar-refractivity contribution in [1.82, 2.24) is 30.8 Å². The number of hydrogen-bond donors (Lipinski definition) is 2. The number of aromatic nitrogens is 4. The molecule has 1 saturated heterocycles. The maximum Gasteiger partial charge on any atom is 0.251 e. The van der Waals surface area contributed by atoms with Crippen molar-refractivity contribution in [3.8, 4) is 5.69 Å². The largest absolute Gasteiger partial charge is 0.345 e. The van der Waals surface area contributed by atoms with Crippen LogP contribution in [0, 0.1) is 0 Å². The van der Waals surface area contributed by atoms with Crippen molar-refractivity contribution in [3.05, 3.63) is 71.5 Å². The van der Waals surface area contributed by atoms with Crippen LogP contribution in [-0.2, 0) is 6.54 Å². The Morgan fingerprint density at radius 1 is 1.15 bits per heavy atom. The van der Waals surface area contributed by atoms with Crippen LogP contribution in [0.1, 0.15) is 34.1 Å². The van der Waals surface area contributed by atoms with Gasteiger partial charge in [-0.2, -0.15) is 4.68 Å². The van der Waals surface area contributed by atoms with Gasteiger partial charge in [0.2, 0.25) is 0 Å². The first-order chi connectivity index (χ1) is 12.8. The van der Waals surface area contributed by atoms with Gasteiger partial charge in [-0.3, -0.25) is 4.79 Å². The number of rotatable bonds is 5. The Labute approximate surface area is 151 Å². The topological polar surface area (TPSA) is 84.7 Å². The fourth-order valence-corrected chi connectivity index (χ4v) is 3.32. The van der Waals surface area contributed by atoms with Crippen molar-refractivity contribution < 1.29 is 4.79 Å². The molecule has 0 aliphatic carbocycles. The molecule has 1 aliphatic rings. The summed E-state index contributed by atoms with van der Waals surface area (Å²) in [6.45, 7) is 2.17. The van der Waals surface area contributed by atoms with Gasteiger partial charge in [-0.25, -0.2) is 0 Å². The van der Waals surface area contributed by atoms with Gasteiger partial charge < -0.3 is 10.6 Å². The fraction of sp³-hybridized carbons (Fsp3) is 0.263. The van der Waals surface area contributed by atoms with E-state index in [-0.39, 0.29) is 12.5 Å². The summed E-state index contributed by atoms with van der Waals surface area (Å²) in [5.74, 6) is 0.867. The lowest BCUT2D eigenvalue weighted by Crippen LogP contribution is -2.26. The van der Waals surface area contributed by atoms with Crippen molar-refractivity contribution in [2.75, 3.05) is 13.1 Å². The summed E-state index contributed by atoms with van der Waals surface area (Å²) in [5, 5.41) is 18.1. The molecule has 7 heteroatoms. The molecule has 2 aromatic carbocycles. The minimum absolute atomic E-state index is 0.102. The molecule has 1 aliphatic heterocycles. The molecule has 1 aromatic heterocycles. The normalized spacial score (nSPS) is 16.5.